The van der Waals surface area contributed by atoms with E-state index in [0.29, 0.717) is 20.3 Å². The predicted octanol–water partition coefficient (Wildman–Crippen LogP) is 4.98. The number of benzene rings is 2. The summed E-state index contributed by atoms with van der Waals surface area (Å²) in [4.78, 5) is 18.2. The highest BCUT2D eigenvalue weighted by Crippen LogP contribution is 2.34. The summed E-state index contributed by atoms with van der Waals surface area (Å²) < 4.78 is 14.0. The Morgan fingerprint density at radius 1 is 1.08 bits per heavy atom. The van der Waals surface area contributed by atoms with E-state index in [0.717, 1.165) is 5.56 Å². The van der Waals surface area contributed by atoms with Crippen molar-refractivity contribution in [3.05, 3.63) is 74.1 Å². The molecule has 0 aromatic heterocycles. The van der Waals surface area contributed by atoms with Gasteiger partial charge < -0.3 is 5.11 Å². The molecule has 1 amide bonds. The normalized spacial score (nSPS) is 16.0. The molecule has 0 atom stereocenters. The number of phenols is 1. The van der Waals surface area contributed by atoms with Gasteiger partial charge in [-0.25, -0.2) is 9.38 Å². The fourth-order valence-corrected chi connectivity index (χ4v) is 3.56. The number of hydrogen-bond acceptors (Lipinski definition) is 3. The Morgan fingerprint density at radius 2 is 1.69 bits per heavy atom. The van der Waals surface area contributed by atoms with Crippen LogP contribution in [0.25, 0.3) is 12.2 Å². The zero-order chi connectivity index (χ0) is 18.8. The maximum atomic E-state index is 13.0. The smallest absolute Gasteiger partial charge is 0.277 e. The first-order chi connectivity index (χ1) is 12.3. The van der Waals surface area contributed by atoms with Crippen LogP contribution in [0.4, 0.5) is 4.39 Å². The number of rotatable bonds is 3. The molecule has 26 heavy (non-hydrogen) atoms. The maximum absolute atomic E-state index is 13.0. The highest BCUT2D eigenvalue weighted by molar-refractivity contribution is 9.11. The summed E-state index contributed by atoms with van der Waals surface area (Å²) in [6.45, 7) is 0. The fraction of sp³-hybridized carbons (Fsp3) is 0.0526. The lowest BCUT2D eigenvalue weighted by Gasteiger charge is -2.07. The van der Waals surface area contributed by atoms with Crippen molar-refractivity contribution in [2.75, 3.05) is 7.05 Å². The molecule has 0 bridgehead atoms. The number of aromatic hydroxyl groups is 1. The van der Waals surface area contributed by atoms with Gasteiger partial charge >= 0.3 is 0 Å². The van der Waals surface area contributed by atoms with E-state index in [1.807, 2.05) is 0 Å². The molecule has 7 heteroatoms. The van der Waals surface area contributed by atoms with E-state index >= 15 is 0 Å². The molecular weight excluding hydrogens is 467 g/mol. The fourth-order valence-electron chi connectivity index (χ4n) is 2.34. The van der Waals surface area contributed by atoms with E-state index in [4.69, 9.17) is 0 Å². The minimum absolute atomic E-state index is 0.0911. The Morgan fingerprint density at radius 3 is 2.31 bits per heavy atom. The second-order valence-corrected chi connectivity index (χ2v) is 7.29. The molecule has 2 aromatic rings. The third-order valence-corrected chi connectivity index (χ3v) is 4.95. The number of halogens is 3. The Balaban J connectivity index is 1.89. The number of carbonyl (C=O) groups excluding carboxylic acids is 1. The van der Waals surface area contributed by atoms with Gasteiger partial charge in [0, 0.05) is 7.05 Å². The highest BCUT2D eigenvalue weighted by Gasteiger charge is 2.25. The zero-order valence-electron chi connectivity index (χ0n) is 13.6. The Labute approximate surface area is 166 Å². The van der Waals surface area contributed by atoms with Crippen LogP contribution < -0.4 is 0 Å². The second kappa shape index (κ2) is 7.55. The van der Waals surface area contributed by atoms with Crippen LogP contribution in [0.2, 0.25) is 0 Å². The molecule has 132 valence electrons. The van der Waals surface area contributed by atoms with Crippen molar-refractivity contribution in [3.63, 3.8) is 0 Å². The number of amidine groups is 1. The van der Waals surface area contributed by atoms with E-state index in [1.54, 1.807) is 49.5 Å². The van der Waals surface area contributed by atoms with Crippen molar-refractivity contribution in [1.82, 2.24) is 4.90 Å². The molecule has 0 spiro atoms. The monoisotopic (exact) mass is 478 g/mol. The molecule has 0 fully saturated rings. The average molecular weight is 480 g/mol. The Hall–Kier alpha value is -2.25. The minimum Gasteiger partial charge on any atom is -0.506 e. The third-order valence-electron chi connectivity index (χ3n) is 3.74. The lowest BCUT2D eigenvalue weighted by atomic mass is 10.2. The standard InChI is InChI=1S/C19H13Br2FN2O2/c1-24-17(7-4-11-2-5-13(22)6-3-11)23-16(19(24)26)10-12-8-14(20)18(25)15(21)9-12/h2-10,25H,1H3/b7-4+,16-10-. The zero-order valence-corrected chi connectivity index (χ0v) is 16.8. The molecule has 0 unspecified atom stereocenters. The highest BCUT2D eigenvalue weighted by atomic mass is 79.9. The van der Waals surface area contributed by atoms with Crippen molar-refractivity contribution < 1.29 is 14.3 Å². The summed E-state index contributed by atoms with van der Waals surface area (Å²) in [6, 6.07) is 9.43. The van der Waals surface area contributed by atoms with Crippen LogP contribution in [0.1, 0.15) is 11.1 Å². The molecule has 1 aliphatic heterocycles. The van der Waals surface area contributed by atoms with E-state index < -0.39 is 0 Å². The molecule has 2 aromatic carbocycles. The lowest BCUT2D eigenvalue weighted by Crippen LogP contribution is -2.26. The summed E-state index contributed by atoms with van der Waals surface area (Å²) >= 11 is 6.53. The van der Waals surface area contributed by atoms with Gasteiger partial charge in [0.2, 0.25) is 0 Å². The average Bonchev–Trinajstić information content (AvgIpc) is 2.87. The number of aliphatic imine (C=N–C) groups is 1. The predicted molar refractivity (Wildman–Crippen MR) is 107 cm³/mol. The van der Waals surface area contributed by atoms with Gasteiger partial charge in [0.15, 0.2) is 0 Å². The molecule has 3 rings (SSSR count). The lowest BCUT2D eigenvalue weighted by molar-refractivity contribution is -0.121. The Bertz CT molecular complexity index is 943. The topological polar surface area (TPSA) is 52.9 Å². The van der Waals surface area contributed by atoms with E-state index in [9.17, 15) is 14.3 Å². The Kier molecular flexibility index (Phi) is 5.38. The van der Waals surface area contributed by atoms with Crippen molar-refractivity contribution in [1.29, 1.82) is 0 Å². The van der Waals surface area contributed by atoms with E-state index in [-0.39, 0.29) is 23.2 Å². The van der Waals surface area contributed by atoms with Gasteiger partial charge in [0.25, 0.3) is 5.91 Å². The molecule has 0 radical (unpaired) electrons. The van der Waals surface area contributed by atoms with Crippen molar-refractivity contribution in [2.24, 2.45) is 4.99 Å². The molecule has 1 aliphatic rings. The van der Waals surface area contributed by atoms with Gasteiger partial charge in [-0.1, -0.05) is 18.2 Å². The second-order valence-electron chi connectivity index (χ2n) is 5.58. The molecule has 1 N–H and O–H groups in total. The van der Waals surface area contributed by atoms with Gasteiger partial charge in [0.1, 0.15) is 23.1 Å². The first-order valence-electron chi connectivity index (χ1n) is 7.55. The minimum atomic E-state index is -0.302. The summed E-state index contributed by atoms with van der Waals surface area (Å²) in [6.07, 6.45) is 5.11. The maximum Gasteiger partial charge on any atom is 0.277 e. The first kappa shape index (κ1) is 18.5. The number of carbonyl (C=O) groups is 1. The SMILES string of the molecule is CN1C(=O)/C(=C/c2cc(Br)c(O)c(Br)c2)N=C1/C=C/c1ccc(F)cc1. The van der Waals surface area contributed by atoms with Crippen LogP contribution in [-0.4, -0.2) is 28.8 Å². The molecule has 4 nitrogen and oxygen atoms in total. The van der Waals surface area contributed by atoms with Crippen LogP contribution in [-0.2, 0) is 4.79 Å². The quantitative estimate of drug-likeness (QED) is 0.631. The first-order valence-corrected chi connectivity index (χ1v) is 9.14. The summed E-state index contributed by atoms with van der Waals surface area (Å²) in [5, 5.41) is 9.77. The van der Waals surface area contributed by atoms with Crippen LogP contribution in [0.3, 0.4) is 0 Å². The summed E-state index contributed by atoms with van der Waals surface area (Å²) in [7, 11) is 1.64. The van der Waals surface area contributed by atoms with Crippen LogP contribution in [0.15, 0.2) is 62.1 Å². The van der Waals surface area contributed by atoms with E-state index in [2.05, 4.69) is 36.9 Å². The number of likely N-dealkylation sites (N-methyl/N-ethyl adjacent to an activating group) is 1. The number of amides is 1. The molecule has 0 aliphatic carbocycles. The van der Waals surface area contributed by atoms with Gasteiger partial charge in [-0.3, -0.25) is 9.69 Å². The van der Waals surface area contributed by atoms with Gasteiger partial charge in [-0.05, 0) is 79.4 Å². The van der Waals surface area contributed by atoms with Crippen molar-refractivity contribution in [2.45, 2.75) is 0 Å². The van der Waals surface area contributed by atoms with E-state index in [1.165, 1.54) is 17.0 Å². The van der Waals surface area contributed by atoms with Crippen LogP contribution in [0, 0.1) is 5.82 Å². The van der Waals surface area contributed by atoms with Crippen molar-refractivity contribution >= 4 is 55.8 Å². The van der Waals surface area contributed by atoms with Gasteiger partial charge in [-0.15, -0.1) is 0 Å². The largest absolute Gasteiger partial charge is 0.506 e. The third kappa shape index (κ3) is 3.94. The summed E-state index contributed by atoms with van der Waals surface area (Å²) in [5.74, 6) is 0.0455. The van der Waals surface area contributed by atoms with Crippen molar-refractivity contribution in [3.8, 4) is 5.75 Å². The molecular formula is C19H13Br2FN2O2. The molecule has 0 saturated heterocycles. The number of nitrogens with zero attached hydrogens (tertiary/aromatic N) is 2. The number of hydrogen-bond donors (Lipinski definition) is 1. The van der Waals surface area contributed by atoms with Crippen LogP contribution in [0.5, 0.6) is 5.75 Å². The van der Waals surface area contributed by atoms with Gasteiger partial charge in [0.05, 0.1) is 8.95 Å². The van der Waals surface area contributed by atoms with Crippen LogP contribution >= 0.6 is 31.9 Å². The number of phenolic OH excluding ortho intramolecular Hbond substituents is 1. The van der Waals surface area contributed by atoms with Gasteiger partial charge in [-0.2, -0.15) is 0 Å². The molecule has 0 saturated carbocycles. The summed E-state index contributed by atoms with van der Waals surface area (Å²) in [5.41, 5.74) is 1.81. The molecule has 1 heterocycles.